The second-order valence-electron chi connectivity index (χ2n) is 6.62. The third-order valence-electron chi connectivity index (χ3n) is 4.82. The van der Waals surface area contributed by atoms with Crippen LogP contribution in [-0.4, -0.2) is 31.1 Å². The second-order valence-corrected chi connectivity index (χ2v) is 6.62. The van der Waals surface area contributed by atoms with E-state index in [1.165, 1.54) is 7.11 Å². The lowest BCUT2D eigenvalue weighted by atomic mass is 10.0. The molecular formula is C22H24N2O4. The SMILES string of the molecule is COC(=O)CC(NC(=O)Cc1c(C)[nH]c2ccccc12)c1ccc(OC)cc1. The highest BCUT2D eigenvalue weighted by Gasteiger charge is 2.20. The molecule has 0 saturated heterocycles. The topological polar surface area (TPSA) is 80.4 Å². The first kappa shape index (κ1) is 19.5. The monoisotopic (exact) mass is 380 g/mol. The van der Waals surface area contributed by atoms with Gasteiger partial charge in [-0.05, 0) is 36.2 Å². The number of carbonyl (C=O) groups is 2. The van der Waals surface area contributed by atoms with Crippen LogP contribution in [0.3, 0.4) is 0 Å². The summed E-state index contributed by atoms with van der Waals surface area (Å²) in [7, 11) is 2.93. The molecule has 0 aliphatic carbocycles. The van der Waals surface area contributed by atoms with E-state index in [-0.39, 0.29) is 24.7 Å². The van der Waals surface area contributed by atoms with E-state index in [4.69, 9.17) is 9.47 Å². The van der Waals surface area contributed by atoms with Crippen molar-refractivity contribution >= 4 is 22.8 Å². The van der Waals surface area contributed by atoms with Crippen LogP contribution in [0.2, 0.25) is 0 Å². The predicted molar refractivity (Wildman–Crippen MR) is 107 cm³/mol. The van der Waals surface area contributed by atoms with Gasteiger partial charge in [-0.1, -0.05) is 30.3 Å². The van der Waals surface area contributed by atoms with Crippen LogP contribution in [0.15, 0.2) is 48.5 Å². The number of rotatable bonds is 7. The first-order chi connectivity index (χ1) is 13.5. The molecule has 1 unspecified atom stereocenters. The number of ether oxygens (including phenoxy) is 2. The number of amides is 1. The highest BCUT2D eigenvalue weighted by Crippen LogP contribution is 2.24. The molecular weight excluding hydrogens is 356 g/mol. The highest BCUT2D eigenvalue weighted by molar-refractivity contribution is 5.90. The van der Waals surface area contributed by atoms with Gasteiger partial charge in [-0.25, -0.2) is 0 Å². The van der Waals surface area contributed by atoms with E-state index in [9.17, 15) is 9.59 Å². The van der Waals surface area contributed by atoms with Crippen LogP contribution in [0.4, 0.5) is 0 Å². The molecule has 0 radical (unpaired) electrons. The average molecular weight is 380 g/mol. The zero-order chi connectivity index (χ0) is 20.1. The van der Waals surface area contributed by atoms with Gasteiger partial charge in [-0.2, -0.15) is 0 Å². The zero-order valence-corrected chi connectivity index (χ0v) is 16.2. The minimum absolute atomic E-state index is 0.0570. The second kappa shape index (κ2) is 8.61. The molecule has 2 aromatic carbocycles. The maximum atomic E-state index is 12.8. The molecule has 1 atom stereocenters. The molecule has 0 aliphatic rings. The highest BCUT2D eigenvalue weighted by atomic mass is 16.5. The molecule has 3 aromatic rings. The van der Waals surface area contributed by atoms with Crippen molar-refractivity contribution in [3.8, 4) is 5.75 Å². The number of aromatic amines is 1. The van der Waals surface area contributed by atoms with Gasteiger partial charge in [0.05, 0.1) is 33.1 Å². The minimum Gasteiger partial charge on any atom is -0.497 e. The van der Waals surface area contributed by atoms with Crippen LogP contribution < -0.4 is 10.1 Å². The number of aryl methyl sites for hydroxylation is 1. The van der Waals surface area contributed by atoms with Crippen molar-refractivity contribution in [2.45, 2.75) is 25.8 Å². The van der Waals surface area contributed by atoms with Crippen molar-refractivity contribution < 1.29 is 19.1 Å². The summed E-state index contributed by atoms with van der Waals surface area (Å²) in [6.07, 6.45) is 0.283. The Labute approximate surface area is 163 Å². The summed E-state index contributed by atoms with van der Waals surface area (Å²) in [5.41, 5.74) is 3.74. The lowest BCUT2D eigenvalue weighted by Gasteiger charge is -2.19. The molecule has 1 aromatic heterocycles. The largest absolute Gasteiger partial charge is 0.497 e. The summed E-state index contributed by atoms with van der Waals surface area (Å²) >= 11 is 0. The van der Waals surface area contributed by atoms with Crippen molar-refractivity contribution in [1.29, 1.82) is 0 Å². The smallest absolute Gasteiger partial charge is 0.307 e. The van der Waals surface area contributed by atoms with Gasteiger partial charge in [0.15, 0.2) is 0 Å². The Hall–Kier alpha value is -3.28. The van der Waals surface area contributed by atoms with E-state index in [2.05, 4.69) is 10.3 Å². The van der Waals surface area contributed by atoms with E-state index < -0.39 is 6.04 Å². The van der Waals surface area contributed by atoms with Crippen molar-refractivity contribution in [2.24, 2.45) is 0 Å². The fourth-order valence-electron chi connectivity index (χ4n) is 3.31. The van der Waals surface area contributed by atoms with Crippen LogP contribution in [0.25, 0.3) is 10.9 Å². The maximum Gasteiger partial charge on any atom is 0.307 e. The van der Waals surface area contributed by atoms with Crippen molar-refractivity contribution in [1.82, 2.24) is 10.3 Å². The third kappa shape index (κ3) is 4.34. The van der Waals surface area contributed by atoms with Gasteiger partial charge in [-0.15, -0.1) is 0 Å². The lowest BCUT2D eigenvalue weighted by Crippen LogP contribution is -2.31. The molecule has 0 saturated carbocycles. The Morgan fingerprint density at radius 3 is 2.46 bits per heavy atom. The van der Waals surface area contributed by atoms with Crippen molar-refractivity contribution in [2.75, 3.05) is 14.2 Å². The van der Waals surface area contributed by atoms with Crippen LogP contribution >= 0.6 is 0 Å². The summed E-state index contributed by atoms with van der Waals surface area (Å²) in [4.78, 5) is 27.9. The quantitative estimate of drug-likeness (QED) is 0.615. The van der Waals surface area contributed by atoms with Gasteiger partial charge in [0, 0.05) is 16.6 Å². The maximum absolute atomic E-state index is 12.8. The summed E-state index contributed by atoms with van der Waals surface area (Å²) in [5.74, 6) is 0.170. The predicted octanol–water partition coefficient (Wildman–Crippen LogP) is 3.45. The van der Waals surface area contributed by atoms with E-state index in [0.29, 0.717) is 5.75 Å². The summed E-state index contributed by atoms with van der Waals surface area (Å²) < 4.78 is 9.97. The van der Waals surface area contributed by atoms with Gasteiger partial charge in [0.25, 0.3) is 0 Å². The minimum atomic E-state index is -0.476. The third-order valence-corrected chi connectivity index (χ3v) is 4.82. The van der Waals surface area contributed by atoms with Crippen LogP contribution in [0.1, 0.15) is 29.3 Å². The number of carbonyl (C=O) groups excluding carboxylic acids is 2. The average Bonchev–Trinajstić information content (AvgIpc) is 3.02. The van der Waals surface area contributed by atoms with Crippen LogP contribution in [0, 0.1) is 6.92 Å². The molecule has 6 heteroatoms. The molecule has 0 spiro atoms. The Morgan fingerprint density at radius 2 is 1.79 bits per heavy atom. The Kier molecular flexibility index (Phi) is 5.99. The molecule has 3 rings (SSSR count). The molecule has 2 N–H and O–H groups in total. The number of fused-ring (bicyclic) bond motifs is 1. The Morgan fingerprint density at radius 1 is 1.07 bits per heavy atom. The fourth-order valence-corrected chi connectivity index (χ4v) is 3.31. The fraction of sp³-hybridized carbons (Fsp3) is 0.273. The summed E-state index contributed by atoms with van der Waals surface area (Å²) in [5, 5.41) is 4.00. The molecule has 0 fully saturated rings. The van der Waals surface area contributed by atoms with Crippen LogP contribution in [-0.2, 0) is 20.7 Å². The normalized spacial score (nSPS) is 11.8. The number of esters is 1. The van der Waals surface area contributed by atoms with Gasteiger partial charge < -0.3 is 19.8 Å². The molecule has 0 bridgehead atoms. The molecule has 146 valence electrons. The molecule has 6 nitrogen and oxygen atoms in total. The van der Waals surface area contributed by atoms with Crippen molar-refractivity contribution in [3.63, 3.8) is 0 Å². The number of hydrogen-bond donors (Lipinski definition) is 2. The summed E-state index contributed by atoms with van der Waals surface area (Å²) in [6.45, 7) is 1.96. The number of para-hydroxylation sites is 1. The molecule has 1 heterocycles. The molecule has 1 amide bonds. The number of aromatic nitrogens is 1. The van der Waals surface area contributed by atoms with Gasteiger partial charge in [0.2, 0.25) is 5.91 Å². The first-order valence-electron chi connectivity index (χ1n) is 9.08. The zero-order valence-electron chi connectivity index (χ0n) is 16.2. The van der Waals surface area contributed by atoms with Crippen LogP contribution in [0.5, 0.6) is 5.75 Å². The van der Waals surface area contributed by atoms with Gasteiger partial charge in [0.1, 0.15) is 5.75 Å². The van der Waals surface area contributed by atoms with E-state index in [0.717, 1.165) is 27.7 Å². The number of methoxy groups -OCH3 is 2. The Bertz CT molecular complexity index is 976. The first-order valence-corrected chi connectivity index (χ1v) is 9.08. The van der Waals surface area contributed by atoms with Crippen molar-refractivity contribution in [3.05, 3.63) is 65.4 Å². The van der Waals surface area contributed by atoms with E-state index in [1.807, 2.05) is 43.3 Å². The molecule has 0 aliphatic heterocycles. The number of H-pyrrole nitrogens is 1. The lowest BCUT2D eigenvalue weighted by molar-refractivity contribution is -0.141. The van der Waals surface area contributed by atoms with Gasteiger partial charge in [-0.3, -0.25) is 9.59 Å². The van der Waals surface area contributed by atoms with E-state index in [1.54, 1.807) is 19.2 Å². The molecule has 28 heavy (non-hydrogen) atoms. The summed E-state index contributed by atoms with van der Waals surface area (Å²) in [6, 6.07) is 14.7. The van der Waals surface area contributed by atoms with Gasteiger partial charge >= 0.3 is 5.97 Å². The Balaban J connectivity index is 1.79. The number of benzene rings is 2. The van der Waals surface area contributed by atoms with E-state index >= 15 is 0 Å². The standard InChI is InChI=1S/C22H24N2O4/c1-14-18(17-6-4-5-7-19(17)23-14)12-21(25)24-20(13-22(26)28-3)15-8-10-16(27-2)11-9-15/h4-11,20,23H,12-13H2,1-3H3,(H,24,25). The number of hydrogen-bond acceptors (Lipinski definition) is 4. The number of nitrogens with one attached hydrogen (secondary N) is 2.